The number of hydrogen-bond acceptors (Lipinski definition) is 4. The third kappa shape index (κ3) is 2.42. The molecule has 0 aromatic carbocycles. The van der Waals surface area contributed by atoms with Crippen LogP contribution in [0.2, 0.25) is 0 Å². The topological polar surface area (TPSA) is 136 Å². The Morgan fingerprint density at radius 2 is 2.21 bits per heavy atom. The third-order valence-corrected chi connectivity index (χ3v) is 3.71. The Labute approximate surface area is 108 Å². The van der Waals surface area contributed by atoms with Crippen molar-refractivity contribution in [2.75, 3.05) is 19.8 Å². The van der Waals surface area contributed by atoms with E-state index in [4.69, 9.17) is 20.5 Å². The predicted octanol–water partition coefficient (Wildman–Crippen LogP) is 0.909. The van der Waals surface area contributed by atoms with E-state index in [-0.39, 0.29) is 31.0 Å². The van der Waals surface area contributed by atoms with Crippen molar-refractivity contribution in [3.8, 4) is 0 Å². The molecule has 0 spiro atoms. The molecule has 2 N–H and O–H groups in total. The minimum Gasteiger partial charge on any atom is -0.480 e. The van der Waals surface area contributed by atoms with Crippen LogP contribution in [0.15, 0.2) is 5.11 Å². The zero-order chi connectivity index (χ0) is 14.0. The Kier molecular flexibility index (Phi) is 3.50. The van der Waals surface area contributed by atoms with Crippen LogP contribution >= 0.6 is 0 Å². The summed E-state index contributed by atoms with van der Waals surface area (Å²) in [5, 5.41) is 21.4. The molecule has 19 heavy (non-hydrogen) atoms. The standard InChI is InChI=1S/C10H14N4O5/c11-13-12-1-2-19-5-10-3-6(8(15)16)14(9(17)18)7(10)4-10/h6-7H,1-5H2,(H,15,16)(H,17,18)/t6-,7-,10+/m0/s1. The number of hydrogen-bond donors (Lipinski definition) is 2. The van der Waals surface area contributed by atoms with E-state index in [9.17, 15) is 9.59 Å². The molecule has 0 aromatic heterocycles. The molecule has 0 bridgehead atoms. The summed E-state index contributed by atoms with van der Waals surface area (Å²) in [6.45, 7) is 0.762. The smallest absolute Gasteiger partial charge is 0.408 e. The van der Waals surface area contributed by atoms with Gasteiger partial charge in [-0.15, -0.1) is 0 Å². The van der Waals surface area contributed by atoms with Gasteiger partial charge in [-0.05, 0) is 18.4 Å². The minimum absolute atomic E-state index is 0.211. The van der Waals surface area contributed by atoms with Gasteiger partial charge in [-0.25, -0.2) is 9.59 Å². The third-order valence-electron chi connectivity index (χ3n) is 3.71. The van der Waals surface area contributed by atoms with Crippen molar-refractivity contribution >= 4 is 12.1 Å². The summed E-state index contributed by atoms with van der Waals surface area (Å²) in [6, 6.07) is -1.26. The van der Waals surface area contributed by atoms with Gasteiger partial charge in [0.05, 0.1) is 13.2 Å². The second kappa shape index (κ2) is 4.94. The van der Waals surface area contributed by atoms with Crippen molar-refractivity contribution in [3.63, 3.8) is 0 Å². The lowest BCUT2D eigenvalue weighted by atomic mass is 10.0. The first-order chi connectivity index (χ1) is 9.02. The van der Waals surface area contributed by atoms with Gasteiger partial charge in [0.1, 0.15) is 6.04 Å². The maximum Gasteiger partial charge on any atom is 0.408 e. The van der Waals surface area contributed by atoms with Crippen LogP contribution in [-0.2, 0) is 9.53 Å². The molecule has 1 heterocycles. The van der Waals surface area contributed by atoms with Crippen LogP contribution in [0.1, 0.15) is 12.8 Å². The lowest BCUT2D eigenvalue weighted by molar-refractivity contribution is -0.142. The van der Waals surface area contributed by atoms with Crippen molar-refractivity contribution in [2.24, 2.45) is 10.5 Å². The highest BCUT2D eigenvalue weighted by Crippen LogP contribution is 2.59. The van der Waals surface area contributed by atoms with E-state index in [1.165, 1.54) is 0 Å². The van der Waals surface area contributed by atoms with Crippen LogP contribution in [-0.4, -0.2) is 59.0 Å². The molecule has 0 aromatic rings. The van der Waals surface area contributed by atoms with Gasteiger partial charge in [-0.1, -0.05) is 5.11 Å². The molecule has 9 heteroatoms. The Balaban J connectivity index is 1.91. The molecule has 1 amide bonds. The molecule has 1 aliphatic heterocycles. The summed E-state index contributed by atoms with van der Waals surface area (Å²) < 4.78 is 5.34. The van der Waals surface area contributed by atoms with Crippen LogP contribution in [0.25, 0.3) is 10.4 Å². The van der Waals surface area contributed by atoms with Gasteiger partial charge in [-0.3, -0.25) is 4.90 Å². The summed E-state index contributed by atoms with van der Waals surface area (Å²) in [6.07, 6.45) is -0.295. The number of azide groups is 1. The molecule has 1 saturated heterocycles. The number of aliphatic carboxylic acids is 1. The van der Waals surface area contributed by atoms with Gasteiger partial charge < -0.3 is 14.9 Å². The monoisotopic (exact) mass is 270 g/mol. The lowest BCUT2D eigenvalue weighted by Gasteiger charge is -2.20. The zero-order valence-corrected chi connectivity index (χ0v) is 10.1. The van der Waals surface area contributed by atoms with E-state index >= 15 is 0 Å². The van der Waals surface area contributed by atoms with Crippen LogP contribution in [0, 0.1) is 5.41 Å². The molecule has 0 unspecified atom stereocenters. The molecule has 1 saturated carbocycles. The van der Waals surface area contributed by atoms with E-state index in [0.717, 1.165) is 4.90 Å². The highest BCUT2D eigenvalue weighted by Gasteiger charge is 2.67. The minimum atomic E-state index is -1.20. The van der Waals surface area contributed by atoms with Gasteiger partial charge >= 0.3 is 12.1 Å². The van der Waals surface area contributed by atoms with E-state index in [0.29, 0.717) is 13.0 Å². The van der Waals surface area contributed by atoms with E-state index in [1.807, 2.05) is 0 Å². The maximum absolute atomic E-state index is 11.1. The molecule has 104 valence electrons. The molecule has 1 aliphatic carbocycles. The van der Waals surface area contributed by atoms with Crippen LogP contribution in [0.4, 0.5) is 4.79 Å². The van der Waals surface area contributed by atoms with Crippen molar-refractivity contribution in [3.05, 3.63) is 10.4 Å². The van der Waals surface area contributed by atoms with Gasteiger partial charge in [0.15, 0.2) is 0 Å². The van der Waals surface area contributed by atoms with Crippen LogP contribution < -0.4 is 0 Å². The average Bonchev–Trinajstić information content (AvgIpc) is 2.93. The first-order valence-electron chi connectivity index (χ1n) is 5.84. The molecule has 2 fully saturated rings. The molecule has 9 nitrogen and oxygen atoms in total. The summed E-state index contributed by atoms with van der Waals surface area (Å²) in [7, 11) is 0. The number of piperidine rings is 1. The summed E-state index contributed by atoms with van der Waals surface area (Å²) >= 11 is 0. The number of ether oxygens (including phenoxy) is 1. The summed E-state index contributed by atoms with van der Waals surface area (Å²) in [4.78, 5) is 25.7. The first kappa shape index (κ1) is 13.4. The fourth-order valence-electron chi connectivity index (χ4n) is 2.75. The summed E-state index contributed by atoms with van der Waals surface area (Å²) in [5.41, 5.74) is 7.72. The zero-order valence-electron chi connectivity index (χ0n) is 10.1. The second-order valence-electron chi connectivity index (χ2n) is 4.84. The largest absolute Gasteiger partial charge is 0.480 e. The van der Waals surface area contributed by atoms with Crippen molar-refractivity contribution in [1.29, 1.82) is 0 Å². The van der Waals surface area contributed by atoms with Gasteiger partial charge in [-0.2, -0.15) is 0 Å². The number of nitrogens with zero attached hydrogens (tertiary/aromatic N) is 4. The molecular formula is C10H14N4O5. The number of amides is 1. The molecular weight excluding hydrogens is 256 g/mol. The Hall–Kier alpha value is -1.99. The number of carbonyl (C=O) groups is 2. The van der Waals surface area contributed by atoms with Crippen LogP contribution in [0.5, 0.6) is 0 Å². The fourth-order valence-corrected chi connectivity index (χ4v) is 2.75. The molecule has 0 radical (unpaired) electrons. The number of carboxylic acid groups (broad SMARTS) is 2. The van der Waals surface area contributed by atoms with Gasteiger partial charge in [0.25, 0.3) is 0 Å². The Morgan fingerprint density at radius 1 is 1.47 bits per heavy atom. The van der Waals surface area contributed by atoms with Gasteiger partial charge in [0.2, 0.25) is 0 Å². The van der Waals surface area contributed by atoms with Crippen molar-refractivity contribution < 1.29 is 24.5 Å². The SMILES string of the molecule is [N-]=[N+]=NCCOC[C@@]12C[C@@H]1N(C(=O)O)[C@H](C(=O)O)C2. The van der Waals surface area contributed by atoms with E-state index in [1.54, 1.807) is 0 Å². The lowest BCUT2D eigenvalue weighted by Crippen LogP contribution is -2.42. The maximum atomic E-state index is 11.1. The molecule has 2 rings (SSSR count). The average molecular weight is 270 g/mol. The summed E-state index contributed by atoms with van der Waals surface area (Å²) in [5.74, 6) is -1.12. The first-order valence-corrected chi connectivity index (χ1v) is 5.84. The quantitative estimate of drug-likeness (QED) is 0.320. The number of fused-ring (bicyclic) bond motifs is 1. The highest BCUT2D eigenvalue weighted by atomic mass is 16.5. The van der Waals surface area contributed by atoms with Crippen molar-refractivity contribution in [2.45, 2.75) is 24.9 Å². The number of likely N-dealkylation sites (tertiary alicyclic amines) is 1. The highest BCUT2D eigenvalue weighted by molar-refractivity contribution is 5.81. The van der Waals surface area contributed by atoms with Crippen LogP contribution in [0.3, 0.4) is 0 Å². The van der Waals surface area contributed by atoms with E-state index in [2.05, 4.69) is 10.0 Å². The number of rotatable bonds is 6. The molecule has 3 atom stereocenters. The van der Waals surface area contributed by atoms with Crippen molar-refractivity contribution in [1.82, 2.24) is 4.90 Å². The fraction of sp³-hybridized carbons (Fsp3) is 0.800. The Morgan fingerprint density at radius 3 is 2.74 bits per heavy atom. The van der Waals surface area contributed by atoms with Gasteiger partial charge in [0, 0.05) is 22.9 Å². The van der Waals surface area contributed by atoms with E-state index < -0.39 is 18.1 Å². The predicted molar refractivity (Wildman–Crippen MR) is 61.6 cm³/mol. The molecule has 2 aliphatic rings. The normalized spacial score (nSPS) is 31.5. The Bertz CT molecular complexity index is 449. The second-order valence-corrected chi connectivity index (χ2v) is 4.84. The number of carboxylic acids is 1.